The van der Waals surface area contributed by atoms with Crippen LogP contribution in [0.3, 0.4) is 0 Å². The maximum Gasteiger partial charge on any atom is 0.0793 e. The van der Waals surface area contributed by atoms with E-state index in [0.717, 1.165) is 29.3 Å². The quantitative estimate of drug-likeness (QED) is 0.772. The Kier molecular flexibility index (Phi) is 2.49. The van der Waals surface area contributed by atoms with E-state index in [1.807, 2.05) is 0 Å². The summed E-state index contributed by atoms with van der Waals surface area (Å²) >= 11 is 3.59. The Morgan fingerprint density at radius 1 is 1.19 bits per heavy atom. The molecule has 0 spiro atoms. The number of aliphatic hydroxyl groups is 1. The first kappa shape index (κ1) is 10.3. The van der Waals surface area contributed by atoms with E-state index in [1.54, 1.807) is 0 Å². The third kappa shape index (κ3) is 1.48. The van der Waals surface area contributed by atoms with Crippen LogP contribution in [-0.2, 0) is 6.42 Å². The molecule has 0 bridgehead atoms. The van der Waals surface area contributed by atoms with E-state index >= 15 is 0 Å². The molecule has 2 aromatic rings. The Morgan fingerprint density at radius 3 is 2.75 bits per heavy atom. The van der Waals surface area contributed by atoms with Gasteiger partial charge in [-0.3, -0.25) is 0 Å². The minimum Gasteiger partial charge on any atom is -0.388 e. The zero-order chi connectivity index (χ0) is 11.1. The Labute approximate surface area is 103 Å². The molecule has 0 saturated carbocycles. The molecule has 1 aliphatic carbocycles. The number of halogens is 1. The minimum atomic E-state index is -0.287. The van der Waals surface area contributed by atoms with Gasteiger partial charge in [-0.25, -0.2) is 0 Å². The summed E-state index contributed by atoms with van der Waals surface area (Å²) in [6.45, 7) is 0. The highest BCUT2D eigenvalue weighted by molar-refractivity contribution is 9.10. The lowest BCUT2D eigenvalue weighted by molar-refractivity contribution is 0.157. The van der Waals surface area contributed by atoms with E-state index in [9.17, 15) is 5.11 Å². The van der Waals surface area contributed by atoms with Crippen LogP contribution in [-0.4, -0.2) is 5.11 Å². The van der Waals surface area contributed by atoms with Gasteiger partial charge in [0, 0.05) is 4.47 Å². The number of rotatable bonds is 0. The van der Waals surface area contributed by atoms with E-state index in [4.69, 9.17) is 0 Å². The lowest BCUT2D eigenvalue weighted by Gasteiger charge is -2.23. The van der Waals surface area contributed by atoms with Crippen molar-refractivity contribution in [1.29, 1.82) is 0 Å². The molecule has 1 nitrogen and oxygen atoms in total. The molecule has 1 unspecified atom stereocenters. The fourth-order valence-electron chi connectivity index (χ4n) is 2.62. The molecule has 3 rings (SSSR count). The summed E-state index contributed by atoms with van der Waals surface area (Å²) in [6, 6.07) is 10.5. The monoisotopic (exact) mass is 276 g/mol. The molecule has 1 N–H and O–H groups in total. The van der Waals surface area contributed by atoms with Gasteiger partial charge in [-0.1, -0.05) is 40.2 Å². The maximum atomic E-state index is 10.0. The summed E-state index contributed by atoms with van der Waals surface area (Å²) in [5.74, 6) is 0. The molecular formula is C14H13BrO. The van der Waals surface area contributed by atoms with Crippen LogP contribution in [0.15, 0.2) is 34.8 Å². The van der Waals surface area contributed by atoms with E-state index < -0.39 is 0 Å². The summed E-state index contributed by atoms with van der Waals surface area (Å²) in [4.78, 5) is 0. The standard InChI is InChI=1S/C14H13BrO/c15-13-8-12-10(6-3-7-14(12)16)9-4-1-2-5-11(9)13/h1-2,4-5,8,14,16H,3,6-7H2. The molecule has 2 heteroatoms. The van der Waals surface area contributed by atoms with Crippen LogP contribution in [0.1, 0.15) is 30.1 Å². The number of hydrogen-bond acceptors (Lipinski definition) is 1. The molecule has 0 saturated heterocycles. The van der Waals surface area contributed by atoms with Gasteiger partial charge in [0.25, 0.3) is 0 Å². The molecule has 82 valence electrons. The third-order valence-corrected chi connectivity index (χ3v) is 4.06. The molecular weight excluding hydrogens is 264 g/mol. The minimum absolute atomic E-state index is 0.287. The molecule has 2 aromatic carbocycles. The summed E-state index contributed by atoms with van der Waals surface area (Å²) in [5.41, 5.74) is 2.44. The smallest absolute Gasteiger partial charge is 0.0793 e. The van der Waals surface area contributed by atoms with Crippen LogP contribution >= 0.6 is 15.9 Å². The van der Waals surface area contributed by atoms with Crippen molar-refractivity contribution in [2.75, 3.05) is 0 Å². The normalized spacial score (nSPS) is 19.8. The van der Waals surface area contributed by atoms with Crippen molar-refractivity contribution in [2.24, 2.45) is 0 Å². The Hall–Kier alpha value is -0.860. The van der Waals surface area contributed by atoms with Gasteiger partial charge in [0.05, 0.1) is 6.10 Å². The zero-order valence-electron chi connectivity index (χ0n) is 8.91. The molecule has 0 amide bonds. The predicted molar refractivity (Wildman–Crippen MR) is 69.5 cm³/mol. The highest BCUT2D eigenvalue weighted by atomic mass is 79.9. The molecule has 16 heavy (non-hydrogen) atoms. The molecule has 1 atom stereocenters. The van der Waals surface area contributed by atoms with Crippen molar-refractivity contribution in [3.63, 3.8) is 0 Å². The van der Waals surface area contributed by atoms with Gasteiger partial charge in [-0.15, -0.1) is 0 Å². The van der Waals surface area contributed by atoms with E-state index in [0.29, 0.717) is 0 Å². The van der Waals surface area contributed by atoms with Crippen LogP contribution in [0.25, 0.3) is 10.8 Å². The fraction of sp³-hybridized carbons (Fsp3) is 0.286. The van der Waals surface area contributed by atoms with Crippen molar-refractivity contribution in [1.82, 2.24) is 0 Å². The zero-order valence-corrected chi connectivity index (χ0v) is 10.5. The van der Waals surface area contributed by atoms with E-state index in [-0.39, 0.29) is 6.10 Å². The molecule has 0 fully saturated rings. The fourth-order valence-corrected chi connectivity index (χ4v) is 3.21. The van der Waals surface area contributed by atoms with Gasteiger partial charge < -0.3 is 5.11 Å². The number of aryl methyl sites for hydroxylation is 1. The topological polar surface area (TPSA) is 20.2 Å². The van der Waals surface area contributed by atoms with Crippen LogP contribution in [0, 0.1) is 0 Å². The molecule has 1 aliphatic rings. The highest BCUT2D eigenvalue weighted by Gasteiger charge is 2.20. The first-order valence-corrected chi connectivity index (χ1v) is 6.45. The SMILES string of the molecule is OC1CCCc2c1cc(Br)c1ccccc21. The van der Waals surface area contributed by atoms with E-state index in [1.165, 1.54) is 16.3 Å². The van der Waals surface area contributed by atoms with Crippen molar-refractivity contribution in [3.8, 4) is 0 Å². The Balaban J connectivity index is 2.38. The molecule has 0 aliphatic heterocycles. The van der Waals surface area contributed by atoms with Gasteiger partial charge in [0.1, 0.15) is 0 Å². The number of benzene rings is 2. The summed E-state index contributed by atoms with van der Waals surface area (Å²) in [6.07, 6.45) is 2.77. The van der Waals surface area contributed by atoms with Gasteiger partial charge in [0.2, 0.25) is 0 Å². The number of hydrogen-bond donors (Lipinski definition) is 1. The molecule has 0 aromatic heterocycles. The van der Waals surface area contributed by atoms with Crippen LogP contribution in [0.4, 0.5) is 0 Å². The average molecular weight is 277 g/mol. The predicted octanol–water partition coefficient (Wildman–Crippen LogP) is 3.97. The largest absolute Gasteiger partial charge is 0.388 e. The first-order valence-electron chi connectivity index (χ1n) is 5.65. The summed E-state index contributed by atoms with van der Waals surface area (Å²) in [7, 11) is 0. The van der Waals surface area contributed by atoms with Gasteiger partial charge in [-0.05, 0) is 47.2 Å². The average Bonchev–Trinajstić information content (AvgIpc) is 2.31. The Bertz CT molecular complexity index is 548. The highest BCUT2D eigenvalue weighted by Crippen LogP contribution is 2.38. The van der Waals surface area contributed by atoms with Gasteiger partial charge in [-0.2, -0.15) is 0 Å². The van der Waals surface area contributed by atoms with Crippen molar-refractivity contribution < 1.29 is 5.11 Å². The van der Waals surface area contributed by atoms with Crippen molar-refractivity contribution in [2.45, 2.75) is 25.4 Å². The second kappa shape index (κ2) is 3.86. The Morgan fingerprint density at radius 2 is 1.94 bits per heavy atom. The molecule has 0 radical (unpaired) electrons. The third-order valence-electron chi connectivity index (χ3n) is 3.40. The van der Waals surface area contributed by atoms with Gasteiger partial charge >= 0.3 is 0 Å². The lowest BCUT2D eigenvalue weighted by atomic mass is 9.86. The summed E-state index contributed by atoms with van der Waals surface area (Å²) in [5, 5.41) is 12.6. The number of fused-ring (bicyclic) bond motifs is 3. The van der Waals surface area contributed by atoms with Crippen LogP contribution in [0.2, 0.25) is 0 Å². The van der Waals surface area contributed by atoms with Crippen LogP contribution < -0.4 is 0 Å². The second-order valence-corrected chi connectivity index (χ2v) is 5.23. The van der Waals surface area contributed by atoms with Gasteiger partial charge in [0.15, 0.2) is 0 Å². The number of aliphatic hydroxyl groups excluding tert-OH is 1. The first-order chi connectivity index (χ1) is 7.77. The second-order valence-electron chi connectivity index (χ2n) is 4.38. The maximum absolute atomic E-state index is 10.0. The lowest BCUT2D eigenvalue weighted by Crippen LogP contribution is -2.09. The van der Waals surface area contributed by atoms with E-state index in [2.05, 4.69) is 46.3 Å². The summed E-state index contributed by atoms with van der Waals surface area (Å²) < 4.78 is 1.09. The van der Waals surface area contributed by atoms with Crippen molar-refractivity contribution >= 4 is 26.7 Å². The van der Waals surface area contributed by atoms with Crippen molar-refractivity contribution in [3.05, 3.63) is 45.9 Å². The van der Waals surface area contributed by atoms with Crippen LogP contribution in [0.5, 0.6) is 0 Å². The molecule has 0 heterocycles.